The predicted octanol–water partition coefficient (Wildman–Crippen LogP) is 4.99. The van der Waals surface area contributed by atoms with Gasteiger partial charge in [-0.3, -0.25) is 4.79 Å². The van der Waals surface area contributed by atoms with Crippen LogP contribution in [0.4, 0.5) is 5.82 Å². The average molecular weight is 388 g/mol. The lowest BCUT2D eigenvalue weighted by Gasteiger charge is -2.29. The van der Waals surface area contributed by atoms with E-state index >= 15 is 0 Å². The Morgan fingerprint density at radius 2 is 1.96 bits per heavy atom. The van der Waals surface area contributed by atoms with Crippen LogP contribution in [0.3, 0.4) is 0 Å². The van der Waals surface area contributed by atoms with E-state index in [0.29, 0.717) is 5.39 Å². The summed E-state index contributed by atoms with van der Waals surface area (Å²) >= 11 is 3.52. The zero-order chi connectivity index (χ0) is 17.6. The highest BCUT2D eigenvalue weighted by molar-refractivity contribution is 9.10. The molecule has 0 radical (unpaired) electrons. The van der Waals surface area contributed by atoms with Gasteiger partial charge in [-0.2, -0.15) is 0 Å². The molecule has 0 aliphatic rings. The highest BCUT2D eigenvalue weighted by atomic mass is 79.9. The zero-order valence-corrected chi connectivity index (χ0v) is 16.2. The monoisotopic (exact) mass is 387 g/mol. The Kier molecular flexibility index (Phi) is 4.16. The number of hydrogen-bond donors (Lipinski definition) is 2. The molecule has 0 saturated carbocycles. The minimum absolute atomic E-state index is 0.0987. The SMILES string of the molecule is Cc1c[nH]c(=O)c2c1nc(NC(C)C(C)(C)C)c1ccc(Br)cc12. The van der Waals surface area contributed by atoms with Crippen molar-refractivity contribution in [2.24, 2.45) is 5.41 Å². The maximum absolute atomic E-state index is 12.4. The van der Waals surface area contributed by atoms with E-state index in [1.807, 2.05) is 25.1 Å². The first kappa shape index (κ1) is 17.0. The number of rotatable bonds is 2. The maximum atomic E-state index is 12.4. The van der Waals surface area contributed by atoms with Gasteiger partial charge in [0.2, 0.25) is 0 Å². The fourth-order valence-corrected chi connectivity index (χ4v) is 3.01. The normalized spacial score (nSPS) is 13.4. The Morgan fingerprint density at radius 1 is 1.25 bits per heavy atom. The van der Waals surface area contributed by atoms with E-state index in [9.17, 15) is 4.79 Å². The van der Waals surface area contributed by atoms with E-state index in [1.165, 1.54) is 0 Å². The summed E-state index contributed by atoms with van der Waals surface area (Å²) in [5.74, 6) is 0.820. The number of anilines is 1. The molecule has 1 atom stereocenters. The van der Waals surface area contributed by atoms with Crippen molar-refractivity contribution in [3.8, 4) is 0 Å². The second-order valence-electron chi connectivity index (χ2n) is 7.41. The first-order chi connectivity index (χ1) is 11.2. The lowest BCUT2D eigenvalue weighted by molar-refractivity contribution is 0.359. The number of benzene rings is 1. The second-order valence-corrected chi connectivity index (χ2v) is 8.32. The lowest BCUT2D eigenvalue weighted by Crippen LogP contribution is -2.31. The highest BCUT2D eigenvalue weighted by Gasteiger charge is 2.22. The zero-order valence-electron chi connectivity index (χ0n) is 14.6. The minimum atomic E-state index is -0.110. The third kappa shape index (κ3) is 2.93. The maximum Gasteiger partial charge on any atom is 0.258 e. The van der Waals surface area contributed by atoms with Gasteiger partial charge in [-0.1, -0.05) is 36.7 Å². The topological polar surface area (TPSA) is 57.8 Å². The van der Waals surface area contributed by atoms with Crippen LogP contribution in [0.2, 0.25) is 0 Å². The van der Waals surface area contributed by atoms with E-state index in [-0.39, 0.29) is 17.0 Å². The third-order valence-electron chi connectivity index (χ3n) is 4.64. The largest absolute Gasteiger partial charge is 0.367 e. The summed E-state index contributed by atoms with van der Waals surface area (Å²) in [4.78, 5) is 20.0. The van der Waals surface area contributed by atoms with Crippen molar-refractivity contribution < 1.29 is 0 Å². The average Bonchev–Trinajstić information content (AvgIpc) is 2.49. The molecule has 0 amide bonds. The lowest BCUT2D eigenvalue weighted by atomic mass is 9.88. The van der Waals surface area contributed by atoms with E-state index < -0.39 is 0 Å². The molecule has 0 spiro atoms. The Morgan fingerprint density at radius 3 is 2.62 bits per heavy atom. The van der Waals surface area contributed by atoms with Gasteiger partial charge in [0.1, 0.15) is 5.82 Å². The summed E-state index contributed by atoms with van der Waals surface area (Å²) in [5.41, 5.74) is 1.69. The minimum Gasteiger partial charge on any atom is -0.367 e. The van der Waals surface area contributed by atoms with Crippen molar-refractivity contribution in [1.82, 2.24) is 9.97 Å². The number of aromatic nitrogens is 2. The van der Waals surface area contributed by atoms with Gasteiger partial charge in [-0.05, 0) is 43.0 Å². The number of nitrogens with zero attached hydrogens (tertiary/aromatic N) is 1. The molecule has 126 valence electrons. The van der Waals surface area contributed by atoms with Crippen LogP contribution in [0.1, 0.15) is 33.3 Å². The number of fused-ring (bicyclic) bond motifs is 3. The van der Waals surface area contributed by atoms with Crippen LogP contribution in [-0.2, 0) is 0 Å². The molecule has 2 heterocycles. The van der Waals surface area contributed by atoms with Crippen LogP contribution in [0.5, 0.6) is 0 Å². The number of hydrogen-bond acceptors (Lipinski definition) is 3. The number of nitrogens with one attached hydrogen (secondary N) is 2. The fraction of sp³-hybridized carbons (Fsp3) is 0.368. The van der Waals surface area contributed by atoms with Crippen LogP contribution in [-0.4, -0.2) is 16.0 Å². The van der Waals surface area contributed by atoms with Crippen molar-refractivity contribution in [1.29, 1.82) is 0 Å². The summed E-state index contributed by atoms with van der Waals surface area (Å²) in [5, 5.41) is 6.05. The first-order valence-electron chi connectivity index (χ1n) is 8.06. The molecule has 1 aromatic carbocycles. The quantitative estimate of drug-likeness (QED) is 0.608. The molecule has 3 rings (SSSR count). The van der Waals surface area contributed by atoms with Gasteiger partial charge in [0.15, 0.2) is 0 Å². The molecule has 2 aromatic heterocycles. The number of pyridine rings is 2. The highest BCUT2D eigenvalue weighted by Crippen LogP contribution is 2.32. The van der Waals surface area contributed by atoms with Crippen molar-refractivity contribution >= 4 is 43.4 Å². The standard InChI is InChI=1S/C19H22BrN3O/c1-10-9-21-18(24)15-14-8-12(20)6-7-13(14)17(23-16(10)15)22-11(2)19(3,4)5/h6-9,11H,1-5H3,(H,21,24)(H,22,23). The Balaban J connectivity index is 2.37. The second kappa shape index (κ2) is 5.88. The Bertz CT molecular complexity index is 986. The number of aryl methyl sites for hydroxylation is 1. The van der Waals surface area contributed by atoms with E-state index in [1.54, 1.807) is 6.20 Å². The van der Waals surface area contributed by atoms with Crippen molar-refractivity contribution in [2.75, 3.05) is 5.32 Å². The van der Waals surface area contributed by atoms with Crippen molar-refractivity contribution in [3.63, 3.8) is 0 Å². The van der Waals surface area contributed by atoms with Gasteiger partial charge in [0.05, 0.1) is 10.9 Å². The van der Waals surface area contributed by atoms with Gasteiger partial charge in [0.25, 0.3) is 5.56 Å². The van der Waals surface area contributed by atoms with Gasteiger partial charge in [0, 0.05) is 27.5 Å². The molecule has 1 unspecified atom stereocenters. The molecule has 0 aliphatic carbocycles. The molecular formula is C19H22BrN3O. The van der Waals surface area contributed by atoms with Gasteiger partial charge >= 0.3 is 0 Å². The Labute approximate surface area is 149 Å². The van der Waals surface area contributed by atoms with Crippen molar-refractivity contribution in [2.45, 2.75) is 40.7 Å². The predicted molar refractivity (Wildman–Crippen MR) is 105 cm³/mol. The molecule has 0 fully saturated rings. The molecule has 0 saturated heterocycles. The molecule has 3 aromatic rings. The van der Waals surface area contributed by atoms with Gasteiger partial charge in [-0.25, -0.2) is 4.98 Å². The third-order valence-corrected chi connectivity index (χ3v) is 5.13. The summed E-state index contributed by atoms with van der Waals surface area (Å²) in [6.45, 7) is 10.7. The summed E-state index contributed by atoms with van der Waals surface area (Å²) in [6.07, 6.45) is 1.72. The molecule has 24 heavy (non-hydrogen) atoms. The molecule has 0 bridgehead atoms. The fourth-order valence-electron chi connectivity index (χ4n) is 2.65. The van der Waals surface area contributed by atoms with E-state index in [2.05, 4.69) is 53.9 Å². The van der Waals surface area contributed by atoms with Crippen LogP contribution in [0.25, 0.3) is 21.7 Å². The van der Waals surface area contributed by atoms with Crippen LogP contribution in [0.15, 0.2) is 33.7 Å². The number of H-pyrrole nitrogens is 1. The van der Waals surface area contributed by atoms with Gasteiger partial charge in [-0.15, -0.1) is 0 Å². The first-order valence-corrected chi connectivity index (χ1v) is 8.85. The van der Waals surface area contributed by atoms with Crippen LogP contribution in [0, 0.1) is 12.3 Å². The van der Waals surface area contributed by atoms with Gasteiger partial charge < -0.3 is 10.3 Å². The summed E-state index contributed by atoms with van der Waals surface area (Å²) in [6, 6.07) is 6.20. The van der Waals surface area contributed by atoms with E-state index in [0.717, 1.165) is 32.1 Å². The number of halogens is 1. The summed E-state index contributed by atoms with van der Waals surface area (Å²) < 4.78 is 0.943. The molecule has 2 N–H and O–H groups in total. The molecular weight excluding hydrogens is 366 g/mol. The summed E-state index contributed by atoms with van der Waals surface area (Å²) in [7, 11) is 0. The van der Waals surface area contributed by atoms with Crippen LogP contribution < -0.4 is 10.9 Å². The van der Waals surface area contributed by atoms with Crippen LogP contribution >= 0.6 is 15.9 Å². The molecule has 5 heteroatoms. The number of aromatic amines is 1. The molecule has 4 nitrogen and oxygen atoms in total. The van der Waals surface area contributed by atoms with E-state index in [4.69, 9.17) is 4.98 Å². The van der Waals surface area contributed by atoms with Crippen molar-refractivity contribution in [3.05, 3.63) is 44.8 Å². The molecule has 0 aliphatic heterocycles. The Hall–Kier alpha value is -1.88. The smallest absolute Gasteiger partial charge is 0.258 e.